The number of carbonyl (C=O) groups is 1. The lowest BCUT2D eigenvalue weighted by Gasteiger charge is -2.28. The molecule has 1 aliphatic heterocycles. The summed E-state index contributed by atoms with van der Waals surface area (Å²) in [5, 5.41) is 3.35. The third kappa shape index (κ3) is 2.87. The van der Waals surface area contributed by atoms with E-state index in [0.29, 0.717) is 24.6 Å². The molecule has 2 rings (SSSR count). The number of hydrogen-bond acceptors (Lipinski definition) is 4. The van der Waals surface area contributed by atoms with Crippen LogP contribution in [0.1, 0.15) is 23.7 Å². The van der Waals surface area contributed by atoms with E-state index in [-0.39, 0.29) is 11.8 Å². The molecule has 2 unspecified atom stereocenters. The van der Waals surface area contributed by atoms with Crippen LogP contribution in [0.5, 0.6) is 0 Å². The third-order valence-electron chi connectivity index (χ3n) is 2.62. The first kappa shape index (κ1) is 11.2. The van der Waals surface area contributed by atoms with Crippen LogP contribution in [0.15, 0.2) is 24.5 Å². The number of nitrogens with one attached hydrogen (secondary N) is 1. The number of Topliss-reactive ketones (excluding diaryl/α,β-unsaturated/α-hetero) is 1. The van der Waals surface area contributed by atoms with Crippen molar-refractivity contribution in [3.8, 4) is 0 Å². The second-order valence-electron chi connectivity index (χ2n) is 4.17. The second kappa shape index (κ2) is 5.18. The average molecular weight is 220 g/mol. The molecule has 1 aliphatic rings. The van der Waals surface area contributed by atoms with Gasteiger partial charge in [0.15, 0.2) is 5.78 Å². The van der Waals surface area contributed by atoms with Crippen LogP contribution in [-0.4, -0.2) is 36.1 Å². The fourth-order valence-corrected chi connectivity index (χ4v) is 1.87. The van der Waals surface area contributed by atoms with Crippen LogP contribution < -0.4 is 5.32 Å². The fraction of sp³-hybridized carbons (Fsp3) is 0.500. The molecular formula is C12H16N2O2. The molecular weight excluding hydrogens is 204 g/mol. The van der Waals surface area contributed by atoms with Crippen molar-refractivity contribution in [2.45, 2.75) is 25.4 Å². The van der Waals surface area contributed by atoms with Gasteiger partial charge < -0.3 is 10.1 Å². The Morgan fingerprint density at radius 2 is 2.50 bits per heavy atom. The van der Waals surface area contributed by atoms with E-state index in [1.807, 2.05) is 0 Å². The zero-order chi connectivity index (χ0) is 11.4. The number of aromatic nitrogens is 1. The van der Waals surface area contributed by atoms with E-state index in [4.69, 9.17) is 4.74 Å². The van der Waals surface area contributed by atoms with Gasteiger partial charge >= 0.3 is 0 Å². The normalized spacial score (nSPS) is 25.3. The summed E-state index contributed by atoms with van der Waals surface area (Å²) in [5.41, 5.74) is 0.669. The maximum atomic E-state index is 11.9. The maximum absolute atomic E-state index is 11.9. The largest absolute Gasteiger partial charge is 0.378 e. The Morgan fingerprint density at radius 1 is 1.62 bits per heavy atom. The molecule has 0 radical (unpaired) electrons. The number of ether oxygens (including phenoxy) is 1. The first-order chi connectivity index (χ1) is 7.75. The van der Waals surface area contributed by atoms with Crippen molar-refractivity contribution in [2.75, 3.05) is 13.2 Å². The zero-order valence-electron chi connectivity index (χ0n) is 9.35. The molecule has 1 aromatic rings. The van der Waals surface area contributed by atoms with Crippen molar-refractivity contribution in [2.24, 2.45) is 0 Å². The minimum Gasteiger partial charge on any atom is -0.378 e. The SMILES string of the molecule is CC1COCC(CC(=O)c2cccnc2)N1. The van der Waals surface area contributed by atoms with Crippen LogP contribution >= 0.6 is 0 Å². The number of hydrogen-bond donors (Lipinski definition) is 1. The molecule has 16 heavy (non-hydrogen) atoms. The molecule has 86 valence electrons. The Bertz CT molecular complexity index is 353. The van der Waals surface area contributed by atoms with E-state index in [2.05, 4.69) is 17.2 Å². The van der Waals surface area contributed by atoms with E-state index in [1.165, 1.54) is 0 Å². The van der Waals surface area contributed by atoms with Gasteiger partial charge in [-0.05, 0) is 19.1 Å². The second-order valence-corrected chi connectivity index (χ2v) is 4.17. The Morgan fingerprint density at radius 3 is 3.19 bits per heavy atom. The summed E-state index contributed by atoms with van der Waals surface area (Å²) in [6.45, 7) is 3.38. The molecule has 1 aromatic heterocycles. The minimum atomic E-state index is 0.114. The topological polar surface area (TPSA) is 51.2 Å². The van der Waals surface area contributed by atoms with Crippen molar-refractivity contribution in [3.05, 3.63) is 30.1 Å². The fourth-order valence-electron chi connectivity index (χ4n) is 1.87. The van der Waals surface area contributed by atoms with Crippen molar-refractivity contribution < 1.29 is 9.53 Å². The van der Waals surface area contributed by atoms with Crippen LogP contribution in [0.2, 0.25) is 0 Å². The van der Waals surface area contributed by atoms with Gasteiger partial charge in [-0.3, -0.25) is 9.78 Å². The highest BCUT2D eigenvalue weighted by Crippen LogP contribution is 2.08. The van der Waals surface area contributed by atoms with Crippen LogP contribution in [0.4, 0.5) is 0 Å². The van der Waals surface area contributed by atoms with Crippen LogP contribution in [0.3, 0.4) is 0 Å². The van der Waals surface area contributed by atoms with Gasteiger partial charge in [0, 0.05) is 36.5 Å². The van der Waals surface area contributed by atoms with Gasteiger partial charge in [-0.2, -0.15) is 0 Å². The van der Waals surface area contributed by atoms with Crippen molar-refractivity contribution >= 4 is 5.78 Å². The molecule has 4 nitrogen and oxygen atoms in total. The lowest BCUT2D eigenvalue weighted by Crippen LogP contribution is -2.48. The Balaban J connectivity index is 1.92. The summed E-state index contributed by atoms with van der Waals surface area (Å²) in [4.78, 5) is 15.8. The van der Waals surface area contributed by atoms with Gasteiger partial charge in [-0.15, -0.1) is 0 Å². The third-order valence-corrected chi connectivity index (χ3v) is 2.62. The number of rotatable bonds is 3. The monoisotopic (exact) mass is 220 g/mol. The number of morpholine rings is 1. The Hall–Kier alpha value is -1.26. The summed E-state index contributed by atoms with van der Waals surface area (Å²) < 4.78 is 5.40. The molecule has 1 fully saturated rings. The van der Waals surface area contributed by atoms with E-state index >= 15 is 0 Å². The lowest BCUT2D eigenvalue weighted by molar-refractivity contribution is 0.0463. The van der Waals surface area contributed by atoms with Gasteiger partial charge in [0.2, 0.25) is 0 Å². The molecule has 2 atom stereocenters. The summed E-state index contributed by atoms with van der Waals surface area (Å²) in [5.74, 6) is 0.114. The van der Waals surface area contributed by atoms with Crippen LogP contribution in [-0.2, 0) is 4.74 Å². The van der Waals surface area contributed by atoms with E-state index in [9.17, 15) is 4.79 Å². The first-order valence-corrected chi connectivity index (χ1v) is 5.52. The average Bonchev–Trinajstić information content (AvgIpc) is 2.30. The molecule has 0 saturated carbocycles. The van der Waals surface area contributed by atoms with Crippen LogP contribution in [0.25, 0.3) is 0 Å². The Labute approximate surface area is 95.0 Å². The molecule has 0 aliphatic carbocycles. The summed E-state index contributed by atoms with van der Waals surface area (Å²) in [6, 6.07) is 4.01. The van der Waals surface area contributed by atoms with E-state index < -0.39 is 0 Å². The predicted molar refractivity (Wildman–Crippen MR) is 60.4 cm³/mol. The van der Waals surface area contributed by atoms with Gasteiger partial charge in [0.05, 0.1) is 13.2 Å². The quantitative estimate of drug-likeness (QED) is 0.773. The lowest BCUT2D eigenvalue weighted by atomic mass is 10.0. The highest BCUT2D eigenvalue weighted by molar-refractivity contribution is 5.96. The van der Waals surface area contributed by atoms with E-state index in [0.717, 1.165) is 6.61 Å². The highest BCUT2D eigenvalue weighted by Gasteiger charge is 2.21. The summed E-state index contributed by atoms with van der Waals surface area (Å²) in [6.07, 6.45) is 3.74. The molecule has 1 saturated heterocycles. The number of nitrogens with zero attached hydrogens (tertiary/aromatic N) is 1. The number of ketones is 1. The predicted octanol–water partition coefficient (Wildman–Crippen LogP) is 1.03. The van der Waals surface area contributed by atoms with Gasteiger partial charge in [0.1, 0.15) is 0 Å². The smallest absolute Gasteiger partial charge is 0.166 e. The van der Waals surface area contributed by atoms with Crippen molar-refractivity contribution in [1.82, 2.24) is 10.3 Å². The van der Waals surface area contributed by atoms with Gasteiger partial charge in [0.25, 0.3) is 0 Å². The standard InChI is InChI=1S/C12H16N2O2/c1-9-7-16-8-11(14-9)5-12(15)10-3-2-4-13-6-10/h2-4,6,9,11,14H,5,7-8H2,1H3. The van der Waals surface area contributed by atoms with E-state index in [1.54, 1.807) is 24.5 Å². The highest BCUT2D eigenvalue weighted by atomic mass is 16.5. The number of carbonyl (C=O) groups excluding carboxylic acids is 1. The molecule has 0 amide bonds. The van der Waals surface area contributed by atoms with Crippen molar-refractivity contribution in [1.29, 1.82) is 0 Å². The summed E-state index contributed by atoms with van der Waals surface area (Å²) in [7, 11) is 0. The van der Waals surface area contributed by atoms with Gasteiger partial charge in [-0.1, -0.05) is 0 Å². The molecule has 2 heterocycles. The van der Waals surface area contributed by atoms with Gasteiger partial charge in [-0.25, -0.2) is 0 Å². The summed E-state index contributed by atoms with van der Waals surface area (Å²) >= 11 is 0. The molecule has 1 N–H and O–H groups in total. The van der Waals surface area contributed by atoms with Crippen molar-refractivity contribution in [3.63, 3.8) is 0 Å². The van der Waals surface area contributed by atoms with Crippen LogP contribution in [0, 0.1) is 0 Å². The minimum absolute atomic E-state index is 0.114. The maximum Gasteiger partial charge on any atom is 0.166 e. The number of pyridine rings is 1. The molecule has 4 heteroatoms. The Kier molecular flexibility index (Phi) is 3.64. The zero-order valence-corrected chi connectivity index (χ0v) is 9.35. The molecule has 0 aromatic carbocycles. The first-order valence-electron chi connectivity index (χ1n) is 5.52. The molecule has 0 bridgehead atoms. The molecule has 0 spiro atoms.